The lowest BCUT2D eigenvalue weighted by Crippen LogP contribution is -2.46. The molecular weight excluding hydrogens is 570 g/mol. The minimum atomic E-state index is -0.513. The van der Waals surface area contributed by atoms with Gasteiger partial charge in [0.05, 0.1) is 12.1 Å². The minimum Gasteiger partial charge on any atom is -0.361 e. The van der Waals surface area contributed by atoms with Crippen molar-refractivity contribution in [2.24, 2.45) is 5.92 Å². The maximum Gasteiger partial charge on any atom is 0.247 e. The maximum absolute atomic E-state index is 13.0. The summed E-state index contributed by atoms with van der Waals surface area (Å²) in [6.07, 6.45) is 9.98. The number of aryl methyl sites for hydroxylation is 1. The molecule has 1 saturated carbocycles. The fraction of sp³-hybridized carbons (Fsp3) is 0.400. The van der Waals surface area contributed by atoms with E-state index in [0.717, 1.165) is 48.9 Å². The lowest BCUT2D eigenvalue weighted by Gasteiger charge is -2.32. The monoisotopic (exact) mass is 609 g/mol. The molecule has 10 nitrogen and oxygen atoms in total. The average molecular weight is 610 g/mol. The van der Waals surface area contributed by atoms with Crippen LogP contribution in [0.25, 0.3) is 12.2 Å². The molecule has 4 amide bonds. The van der Waals surface area contributed by atoms with E-state index in [-0.39, 0.29) is 42.0 Å². The standard InChI is InChI=1S/C35H39N5O5/c1-23-21-29(45-38-23)22-32(41)39-19-3-7-30(39)33(42)36-27-15-11-24(12-16-27)9-10-25-13-17-28(18-14-25)37-34(43)31-8-4-20-40(31)35(44)26-5-2-6-26/h9-18,21,26,30-31H,2-8,19-20,22H2,1H3,(H,36,42)(H,37,43)/b10-9+/t30-,31-/m0/s1. The Labute approximate surface area is 262 Å². The molecule has 6 rings (SSSR count). The number of rotatable bonds is 9. The zero-order valence-electron chi connectivity index (χ0n) is 25.5. The summed E-state index contributed by atoms with van der Waals surface area (Å²) in [5.74, 6) is 0.271. The van der Waals surface area contributed by atoms with E-state index in [0.29, 0.717) is 43.1 Å². The molecular formula is C35H39N5O5. The molecule has 2 aromatic carbocycles. The van der Waals surface area contributed by atoms with Crippen molar-refractivity contribution < 1.29 is 23.7 Å². The van der Waals surface area contributed by atoms with Crippen LogP contribution in [0, 0.1) is 12.8 Å². The molecule has 3 fully saturated rings. The summed E-state index contributed by atoms with van der Waals surface area (Å²) >= 11 is 0. The van der Waals surface area contributed by atoms with Crippen molar-refractivity contribution >= 4 is 47.2 Å². The number of nitrogens with one attached hydrogen (secondary N) is 2. The van der Waals surface area contributed by atoms with Crippen LogP contribution in [-0.4, -0.2) is 63.8 Å². The molecule has 3 heterocycles. The summed E-state index contributed by atoms with van der Waals surface area (Å²) < 4.78 is 5.17. The molecule has 45 heavy (non-hydrogen) atoms. The summed E-state index contributed by atoms with van der Waals surface area (Å²) in [4.78, 5) is 55.0. The topological polar surface area (TPSA) is 125 Å². The summed E-state index contributed by atoms with van der Waals surface area (Å²) in [7, 11) is 0. The Morgan fingerprint density at radius 1 is 0.778 bits per heavy atom. The van der Waals surface area contributed by atoms with Crippen molar-refractivity contribution in [1.29, 1.82) is 0 Å². The van der Waals surface area contributed by atoms with Crippen LogP contribution >= 0.6 is 0 Å². The largest absolute Gasteiger partial charge is 0.361 e. The first-order valence-corrected chi connectivity index (χ1v) is 15.9. The van der Waals surface area contributed by atoms with Crippen LogP contribution in [-0.2, 0) is 25.6 Å². The number of likely N-dealkylation sites (tertiary alicyclic amines) is 2. The number of carbonyl (C=O) groups excluding carboxylic acids is 4. The van der Waals surface area contributed by atoms with Gasteiger partial charge in [-0.2, -0.15) is 0 Å². The fourth-order valence-corrected chi connectivity index (χ4v) is 6.28. The van der Waals surface area contributed by atoms with E-state index in [1.807, 2.05) is 60.7 Å². The van der Waals surface area contributed by atoms with E-state index in [1.165, 1.54) is 0 Å². The van der Waals surface area contributed by atoms with Crippen LogP contribution in [0.2, 0.25) is 0 Å². The van der Waals surface area contributed by atoms with Crippen molar-refractivity contribution in [3.05, 3.63) is 77.2 Å². The number of anilines is 2. The van der Waals surface area contributed by atoms with Crippen LogP contribution in [0.5, 0.6) is 0 Å². The number of hydrogen-bond acceptors (Lipinski definition) is 6. The zero-order chi connectivity index (χ0) is 31.3. The molecule has 1 aromatic heterocycles. The van der Waals surface area contributed by atoms with Gasteiger partial charge in [-0.15, -0.1) is 0 Å². The van der Waals surface area contributed by atoms with Crippen LogP contribution in [0.3, 0.4) is 0 Å². The Balaban J connectivity index is 0.989. The lowest BCUT2D eigenvalue weighted by atomic mass is 9.84. The molecule has 2 N–H and O–H groups in total. The van der Waals surface area contributed by atoms with Gasteiger partial charge in [-0.3, -0.25) is 19.2 Å². The van der Waals surface area contributed by atoms with E-state index in [9.17, 15) is 19.2 Å². The molecule has 0 unspecified atom stereocenters. The molecule has 234 valence electrons. The Kier molecular flexibility index (Phi) is 9.09. The third-order valence-electron chi connectivity index (χ3n) is 9.00. The molecule has 2 atom stereocenters. The summed E-state index contributed by atoms with van der Waals surface area (Å²) in [6, 6.07) is 16.0. The van der Waals surface area contributed by atoms with Crippen molar-refractivity contribution in [3.8, 4) is 0 Å². The Morgan fingerprint density at radius 3 is 1.80 bits per heavy atom. The third kappa shape index (κ3) is 7.16. The molecule has 10 heteroatoms. The van der Waals surface area contributed by atoms with Crippen molar-refractivity contribution in [1.82, 2.24) is 15.0 Å². The molecule has 1 aliphatic carbocycles. The molecule has 0 bridgehead atoms. The van der Waals surface area contributed by atoms with E-state index in [2.05, 4.69) is 15.8 Å². The highest BCUT2D eigenvalue weighted by Crippen LogP contribution is 2.31. The predicted molar refractivity (Wildman–Crippen MR) is 171 cm³/mol. The lowest BCUT2D eigenvalue weighted by molar-refractivity contribution is -0.142. The molecule has 2 saturated heterocycles. The number of carbonyl (C=O) groups is 4. The van der Waals surface area contributed by atoms with Crippen molar-refractivity contribution in [2.75, 3.05) is 23.7 Å². The van der Waals surface area contributed by atoms with Gasteiger partial charge in [-0.05, 0) is 80.8 Å². The summed E-state index contributed by atoms with van der Waals surface area (Å²) in [5, 5.41) is 9.77. The van der Waals surface area contributed by atoms with Crippen molar-refractivity contribution in [3.63, 3.8) is 0 Å². The zero-order valence-corrected chi connectivity index (χ0v) is 25.5. The summed E-state index contributed by atoms with van der Waals surface area (Å²) in [6.45, 7) is 3.01. The second kappa shape index (κ2) is 13.5. The van der Waals surface area contributed by atoms with E-state index < -0.39 is 6.04 Å². The molecule has 0 radical (unpaired) electrons. The number of nitrogens with zero attached hydrogens (tertiary/aromatic N) is 3. The van der Waals surface area contributed by atoms with E-state index in [4.69, 9.17) is 4.52 Å². The van der Waals surface area contributed by atoms with E-state index in [1.54, 1.807) is 22.8 Å². The Morgan fingerprint density at radius 2 is 1.31 bits per heavy atom. The quantitative estimate of drug-likeness (QED) is 0.327. The van der Waals surface area contributed by atoms with E-state index >= 15 is 0 Å². The van der Waals surface area contributed by atoms with Crippen LogP contribution in [0.15, 0.2) is 59.1 Å². The van der Waals surface area contributed by atoms with Gasteiger partial charge in [0.25, 0.3) is 0 Å². The predicted octanol–water partition coefficient (Wildman–Crippen LogP) is 5.06. The van der Waals surface area contributed by atoms with Gasteiger partial charge in [-0.1, -0.05) is 48.0 Å². The number of benzene rings is 2. The van der Waals surface area contributed by atoms with Gasteiger partial charge in [0.2, 0.25) is 23.6 Å². The van der Waals surface area contributed by atoms with Crippen molar-refractivity contribution in [2.45, 2.75) is 70.4 Å². The van der Waals surface area contributed by atoms with Gasteiger partial charge in [0.1, 0.15) is 17.8 Å². The number of aromatic nitrogens is 1. The summed E-state index contributed by atoms with van der Waals surface area (Å²) in [5.41, 5.74) is 4.02. The molecule has 3 aromatic rings. The Hall–Kier alpha value is -4.73. The number of hydrogen-bond donors (Lipinski definition) is 2. The first-order valence-electron chi connectivity index (χ1n) is 15.9. The number of amides is 4. The maximum atomic E-state index is 13.0. The van der Waals surface area contributed by atoms with Gasteiger partial charge < -0.3 is 25.0 Å². The normalized spacial score (nSPS) is 19.9. The highest BCUT2D eigenvalue weighted by molar-refractivity contribution is 5.98. The van der Waals surface area contributed by atoms with Gasteiger partial charge in [-0.25, -0.2) is 0 Å². The van der Waals surface area contributed by atoms with Crippen LogP contribution in [0.4, 0.5) is 11.4 Å². The fourth-order valence-electron chi connectivity index (χ4n) is 6.28. The Bertz CT molecular complexity index is 1570. The van der Waals surface area contributed by atoms with Crippen LogP contribution < -0.4 is 10.6 Å². The van der Waals surface area contributed by atoms with Gasteiger partial charge in [0, 0.05) is 36.4 Å². The van der Waals surface area contributed by atoms with Gasteiger partial charge >= 0.3 is 0 Å². The molecule has 2 aliphatic heterocycles. The first kappa shape index (κ1) is 30.3. The highest BCUT2D eigenvalue weighted by atomic mass is 16.5. The SMILES string of the molecule is Cc1cc(CC(=O)N2CCC[C@H]2C(=O)Nc2ccc(/C=C/c3ccc(NC(=O)[C@@H]4CCCN4C(=O)C4CCC4)cc3)cc2)on1. The van der Waals surface area contributed by atoms with Gasteiger partial charge in [0.15, 0.2) is 0 Å². The smallest absolute Gasteiger partial charge is 0.247 e. The third-order valence-corrected chi connectivity index (χ3v) is 9.00. The molecule has 0 spiro atoms. The first-order chi connectivity index (χ1) is 21.8. The minimum absolute atomic E-state index is 0.0880. The van der Waals surface area contributed by atoms with Crippen LogP contribution in [0.1, 0.15) is 67.5 Å². The second-order valence-electron chi connectivity index (χ2n) is 12.2. The molecule has 3 aliphatic rings. The highest BCUT2D eigenvalue weighted by Gasteiger charge is 2.39. The second-order valence-corrected chi connectivity index (χ2v) is 12.2. The average Bonchev–Trinajstić information content (AvgIpc) is 3.78.